The summed E-state index contributed by atoms with van der Waals surface area (Å²) in [6.45, 7) is 3.57. The van der Waals surface area contributed by atoms with E-state index >= 15 is 0 Å². The molecule has 0 bridgehead atoms. The lowest BCUT2D eigenvalue weighted by Crippen LogP contribution is -3.13. The number of hydrogen-bond donors (Lipinski definition) is 1. The number of ether oxygens (including phenoxy) is 1. The molecule has 0 aromatic carbocycles. The van der Waals surface area contributed by atoms with Crippen molar-refractivity contribution in [1.29, 1.82) is 0 Å². The van der Waals surface area contributed by atoms with Gasteiger partial charge in [-0.1, -0.05) is 19.3 Å². The van der Waals surface area contributed by atoms with Gasteiger partial charge < -0.3 is 9.64 Å². The van der Waals surface area contributed by atoms with E-state index in [2.05, 4.69) is 6.08 Å². The highest BCUT2D eigenvalue weighted by Crippen LogP contribution is 2.38. The number of nitrogens with one attached hydrogen (secondary N) is 1. The van der Waals surface area contributed by atoms with Gasteiger partial charge in [0, 0.05) is 18.4 Å². The zero-order valence-electron chi connectivity index (χ0n) is 15.2. The summed E-state index contributed by atoms with van der Waals surface area (Å²) < 4.78 is 5.51. The molecule has 2 atom stereocenters. The van der Waals surface area contributed by atoms with Crippen LogP contribution in [0.25, 0.3) is 0 Å². The Bertz CT molecular complexity index is 547. The highest BCUT2D eigenvalue weighted by molar-refractivity contribution is 6.04. The van der Waals surface area contributed by atoms with Crippen LogP contribution >= 0.6 is 0 Å². The van der Waals surface area contributed by atoms with Gasteiger partial charge in [0.25, 0.3) is 0 Å². The predicted molar refractivity (Wildman–Crippen MR) is 93.8 cm³/mol. The van der Waals surface area contributed by atoms with Crippen molar-refractivity contribution in [2.75, 3.05) is 26.3 Å². The molecule has 1 N–H and O–H groups in total. The van der Waals surface area contributed by atoms with E-state index in [4.69, 9.17) is 4.74 Å². The topological polar surface area (TPSA) is 51.1 Å². The molecule has 0 unspecified atom stereocenters. The van der Waals surface area contributed by atoms with Gasteiger partial charge in [-0.2, -0.15) is 0 Å². The lowest BCUT2D eigenvalue weighted by atomic mass is 9.80. The number of hydrogen-bond acceptors (Lipinski definition) is 3. The first-order valence-electron chi connectivity index (χ1n) is 10.2. The van der Waals surface area contributed by atoms with Crippen LogP contribution in [0.5, 0.6) is 0 Å². The molecule has 0 aromatic heterocycles. The standard InChI is InChI=1S/C20H30N2O3/c23-19-14-17(20(24)22(19)15-6-2-1-3-7-15)16-8-4-5-9-18(16)21-10-12-25-13-11-21/h9,15-17H,1-8,10-14H2/p+1/t16-,17-/m0/s1. The number of quaternary nitrogens is 1. The summed E-state index contributed by atoms with van der Waals surface area (Å²) in [5, 5.41) is 0. The molecule has 5 nitrogen and oxygen atoms in total. The smallest absolute Gasteiger partial charge is 0.233 e. The van der Waals surface area contributed by atoms with Crippen molar-refractivity contribution in [2.24, 2.45) is 11.8 Å². The molecular formula is C20H31N2O3+. The van der Waals surface area contributed by atoms with Crippen molar-refractivity contribution in [3.8, 4) is 0 Å². The molecule has 2 saturated heterocycles. The first-order valence-corrected chi connectivity index (χ1v) is 10.2. The monoisotopic (exact) mass is 347 g/mol. The minimum Gasteiger partial charge on any atom is -0.370 e. The molecule has 3 fully saturated rings. The normalized spacial score (nSPS) is 33.0. The summed E-state index contributed by atoms with van der Waals surface area (Å²) in [5.41, 5.74) is 1.39. The second-order valence-electron chi connectivity index (χ2n) is 8.12. The summed E-state index contributed by atoms with van der Waals surface area (Å²) in [6.07, 6.45) is 11.6. The third-order valence-electron chi connectivity index (χ3n) is 6.63. The molecule has 2 heterocycles. The molecule has 4 rings (SSSR count). The zero-order chi connectivity index (χ0) is 17.2. The van der Waals surface area contributed by atoms with E-state index in [-0.39, 0.29) is 29.7 Å². The van der Waals surface area contributed by atoms with Crippen LogP contribution in [0, 0.1) is 11.8 Å². The maximum atomic E-state index is 13.2. The van der Waals surface area contributed by atoms with Crippen LogP contribution < -0.4 is 4.90 Å². The first-order chi connectivity index (χ1) is 12.3. The number of carbonyl (C=O) groups excluding carboxylic acids is 2. The van der Waals surface area contributed by atoms with E-state index in [1.165, 1.54) is 17.0 Å². The summed E-state index contributed by atoms with van der Waals surface area (Å²) in [6, 6.07) is 0.172. The van der Waals surface area contributed by atoms with Gasteiger partial charge in [0.1, 0.15) is 18.8 Å². The number of likely N-dealkylation sites (tertiary alicyclic amines) is 1. The SMILES string of the molecule is O=C1C[C@@H]([C@@H]2CCCC=C2[NH+]2CCOCC2)C(=O)N1C1CCCCC1. The Kier molecular flexibility index (Phi) is 5.23. The molecule has 25 heavy (non-hydrogen) atoms. The third-order valence-corrected chi connectivity index (χ3v) is 6.63. The minimum atomic E-state index is -0.115. The highest BCUT2D eigenvalue weighted by Gasteiger charge is 2.48. The summed E-state index contributed by atoms with van der Waals surface area (Å²) >= 11 is 0. The van der Waals surface area contributed by atoms with Crippen LogP contribution in [-0.2, 0) is 14.3 Å². The van der Waals surface area contributed by atoms with Gasteiger partial charge in [-0.15, -0.1) is 0 Å². The van der Waals surface area contributed by atoms with Crippen molar-refractivity contribution < 1.29 is 19.2 Å². The number of allylic oxidation sites excluding steroid dienone is 2. The highest BCUT2D eigenvalue weighted by atomic mass is 16.5. The Hall–Kier alpha value is -1.20. The number of amides is 2. The van der Waals surface area contributed by atoms with Crippen LogP contribution in [-0.4, -0.2) is 49.1 Å². The van der Waals surface area contributed by atoms with Crippen LogP contribution in [0.2, 0.25) is 0 Å². The first kappa shape index (κ1) is 17.2. The van der Waals surface area contributed by atoms with Gasteiger partial charge >= 0.3 is 0 Å². The second kappa shape index (κ2) is 7.58. The molecule has 0 aromatic rings. The number of imide groups is 1. The zero-order valence-corrected chi connectivity index (χ0v) is 15.2. The molecule has 2 aliphatic carbocycles. The Morgan fingerprint density at radius 1 is 0.960 bits per heavy atom. The van der Waals surface area contributed by atoms with Gasteiger partial charge in [0.2, 0.25) is 11.8 Å². The van der Waals surface area contributed by atoms with E-state index in [9.17, 15) is 9.59 Å². The van der Waals surface area contributed by atoms with E-state index in [1.807, 2.05) is 0 Å². The van der Waals surface area contributed by atoms with E-state index in [0.29, 0.717) is 6.42 Å². The third kappa shape index (κ3) is 3.41. The van der Waals surface area contributed by atoms with E-state index in [0.717, 1.165) is 71.2 Å². The van der Waals surface area contributed by atoms with Crippen LogP contribution in [0.1, 0.15) is 57.8 Å². The molecule has 0 spiro atoms. The Balaban J connectivity index is 1.51. The summed E-state index contributed by atoms with van der Waals surface area (Å²) in [4.78, 5) is 29.0. The van der Waals surface area contributed by atoms with Crippen molar-refractivity contribution in [1.82, 2.24) is 4.90 Å². The predicted octanol–water partition coefficient (Wildman–Crippen LogP) is 1.29. The van der Waals surface area contributed by atoms with Crippen molar-refractivity contribution in [2.45, 2.75) is 63.8 Å². The molecule has 0 radical (unpaired) electrons. The maximum Gasteiger partial charge on any atom is 0.233 e. The largest absolute Gasteiger partial charge is 0.370 e. The molecule has 4 aliphatic rings. The van der Waals surface area contributed by atoms with Crippen molar-refractivity contribution in [3.05, 3.63) is 11.8 Å². The van der Waals surface area contributed by atoms with Crippen LogP contribution in [0.4, 0.5) is 0 Å². The Morgan fingerprint density at radius 3 is 2.48 bits per heavy atom. The van der Waals surface area contributed by atoms with Crippen LogP contribution in [0.3, 0.4) is 0 Å². The fraction of sp³-hybridized carbons (Fsp3) is 0.800. The van der Waals surface area contributed by atoms with E-state index < -0.39 is 0 Å². The molecule has 5 heteroatoms. The van der Waals surface area contributed by atoms with Gasteiger partial charge in [-0.25, -0.2) is 0 Å². The average molecular weight is 347 g/mol. The lowest BCUT2D eigenvalue weighted by Gasteiger charge is -2.35. The Labute approximate surface area is 150 Å². The number of morpholine rings is 1. The maximum absolute atomic E-state index is 13.2. The lowest BCUT2D eigenvalue weighted by molar-refractivity contribution is -0.874. The second-order valence-corrected chi connectivity index (χ2v) is 8.12. The molecule has 2 amide bonds. The number of nitrogens with zero attached hydrogens (tertiary/aromatic N) is 1. The quantitative estimate of drug-likeness (QED) is 0.783. The molecule has 138 valence electrons. The molecular weight excluding hydrogens is 316 g/mol. The minimum absolute atomic E-state index is 0.0869. The van der Waals surface area contributed by atoms with Gasteiger partial charge in [0.15, 0.2) is 0 Å². The van der Waals surface area contributed by atoms with Crippen LogP contribution in [0.15, 0.2) is 11.8 Å². The summed E-state index contributed by atoms with van der Waals surface area (Å²) in [7, 11) is 0. The van der Waals surface area contributed by atoms with Gasteiger partial charge in [0.05, 0.1) is 19.1 Å². The van der Waals surface area contributed by atoms with Crippen molar-refractivity contribution in [3.63, 3.8) is 0 Å². The van der Waals surface area contributed by atoms with Gasteiger partial charge in [-0.3, -0.25) is 14.5 Å². The van der Waals surface area contributed by atoms with E-state index in [1.54, 1.807) is 4.90 Å². The van der Waals surface area contributed by atoms with Gasteiger partial charge in [-0.05, 0) is 38.2 Å². The average Bonchev–Trinajstić information content (AvgIpc) is 2.97. The fourth-order valence-electron chi connectivity index (χ4n) is 5.35. The summed E-state index contributed by atoms with van der Waals surface area (Å²) in [5.74, 6) is 0.356. The molecule has 1 saturated carbocycles. The Morgan fingerprint density at radius 2 is 1.72 bits per heavy atom. The van der Waals surface area contributed by atoms with Crippen molar-refractivity contribution >= 4 is 11.8 Å². The number of carbonyl (C=O) groups is 2. The molecule has 2 aliphatic heterocycles. The number of rotatable bonds is 3. The fourth-order valence-corrected chi connectivity index (χ4v) is 5.35.